The standard InChI is InChI=1S/2C23H21ClN4O2.2C6H14N2/c2*24-18-11-15(6-5-14(18)12-25)28-22(13-3-1-2-4-13)17-8-9-19-16(21(17)27-28)7-10-20(26-19)23(29)30;2*7-5-3-1-2-4-6(5)8/h2*5-7,10-11,13,17,22H,1-4,8-9H2,(H,29,30);2*5-6H,1-4,7-8H2/t17-,22-;;2*5-,6-/m0.00/s1. The number of benzene rings is 2. The number of anilines is 2. The molecule has 76 heavy (non-hydrogen) atoms. The molecule has 6 aliphatic carbocycles. The van der Waals surface area contributed by atoms with Gasteiger partial charge in [0.25, 0.3) is 0 Å². The molecule has 2 unspecified atom stereocenters. The Morgan fingerprint density at radius 2 is 0.855 bits per heavy atom. The predicted octanol–water partition coefficient (Wildman–Crippen LogP) is 9.73. The van der Waals surface area contributed by atoms with Crippen molar-refractivity contribution in [3.8, 4) is 12.1 Å². The fourth-order valence-electron chi connectivity index (χ4n) is 12.9. The van der Waals surface area contributed by atoms with E-state index in [4.69, 9.17) is 56.3 Å². The van der Waals surface area contributed by atoms with Crippen molar-refractivity contribution >= 4 is 57.9 Å². The lowest BCUT2D eigenvalue weighted by Gasteiger charge is -2.34. The first-order valence-corrected chi connectivity index (χ1v) is 28.1. The molecular formula is C58H70Cl2N12O4. The second kappa shape index (κ2) is 24.6. The second-order valence-electron chi connectivity index (χ2n) is 21.8. The minimum atomic E-state index is -1.01. The maximum atomic E-state index is 11.3. The molecule has 2 aliphatic heterocycles. The van der Waals surface area contributed by atoms with Crippen molar-refractivity contribution < 1.29 is 19.8 Å². The predicted molar refractivity (Wildman–Crippen MR) is 297 cm³/mol. The molecule has 0 bridgehead atoms. The van der Waals surface area contributed by atoms with E-state index in [1.807, 2.05) is 36.4 Å². The number of hydrogen-bond donors (Lipinski definition) is 6. The van der Waals surface area contributed by atoms with Crippen molar-refractivity contribution in [2.75, 3.05) is 10.0 Å². The van der Waals surface area contributed by atoms with Gasteiger partial charge in [0.1, 0.15) is 23.5 Å². The molecular weight excluding hydrogens is 1000 g/mol. The number of aromatic carboxylic acids is 2. The first-order valence-electron chi connectivity index (χ1n) is 27.4. The summed E-state index contributed by atoms with van der Waals surface area (Å²) in [6, 6.07) is 23.7. The molecule has 16 nitrogen and oxygen atoms in total. The molecule has 8 aliphatic rings. The van der Waals surface area contributed by atoms with Crippen LogP contribution in [-0.2, 0) is 12.8 Å². The second-order valence-corrected chi connectivity index (χ2v) is 22.6. The Morgan fingerprint density at radius 1 is 0.513 bits per heavy atom. The van der Waals surface area contributed by atoms with E-state index in [0.717, 1.165) is 96.7 Å². The van der Waals surface area contributed by atoms with Gasteiger partial charge in [0.2, 0.25) is 0 Å². The van der Waals surface area contributed by atoms with Crippen LogP contribution >= 0.6 is 23.2 Å². The summed E-state index contributed by atoms with van der Waals surface area (Å²) in [7, 11) is 0. The molecule has 12 rings (SSSR count). The first-order chi connectivity index (χ1) is 36.7. The maximum Gasteiger partial charge on any atom is 0.354 e. The van der Waals surface area contributed by atoms with Crippen molar-refractivity contribution in [1.29, 1.82) is 10.5 Å². The van der Waals surface area contributed by atoms with Crippen LogP contribution < -0.4 is 33.0 Å². The van der Waals surface area contributed by atoms with Crippen LogP contribution in [0.15, 0.2) is 70.9 Å². The largest absolute Gasteiger partial charge is 0.477 e. The zero-order valence-electron chi connectivity index (χ0n) is 43.0. The van der Waals surface area contributed by atoms with Gasteiger partial charge in [-0.1, -0.05) is 74.6 Å². The number of rotatable bonds is 6. The summed E-state index contributed by atoms with van der Waals surface area (Å²) in [5.74, 6) is -0.339. The van der Waals surface area contributed by atoms with Crippen LogP contribution in [-0.4, -0.2) is 79.8 Å². The third-order valence-corrected chi connectivity index (χ3v) is 17.7. The Kier molecular flexibility index (Phi) is 17.7. The maximum absolute atomic E-state index is 11.3. The number of halogens is 2. The lowest BCUT2D eigenvalue weighted by Crippen LogP contribution is -2.43. The lowest BCUT2D eigenvalue weighted by molar-refractivity contribution is 0.0679. The van der Waals surface area contributed by atoms with Crippen LogP contribution in [0.5, 0.6) is 0 Å². The van der Waals surface area contributed by atoms with Gasteiger partial charge in [-0.15, -0.1) is 0 Å². The van der Waals surface area contributed by atoms with Crippen LogP contribution in [0, 0.1) is 46.3 Å². The van der Waals surface area contributed by atoms with E-state index in [2.05, 4.69) is 32.1 Å². The number of nitrogens with zero attached hydrogens (tertiary/aromatic N) is 8. The number of pyridine rings is 2. The Hall–Kier alpha value is -5.98. The van der Waals surface area contributed by atoms with E-state index >= 15 is 0 Å². The fourth-order valence-corrected chi connectivity index (χ4v) is 13.4. The summed E-state index contributed by atoms with van der Waals surface area (Å²) < 4.78 is 0. The molecule has 0 amide bonds. The molecule has 4 heterocycles. The van der Waals surface area contributed by atoms with Gasteiger partial charge >= 0.3 is 11.9 Å². The van der Waals surface area contributed by atoms with Crippen molar-refractivity contribution in [3.63, 3.8) is 0 Å². The number of carbonyl (C=O) groups is 2. The number of nitrogens with two attached hydrogens (primary N) is 4. The van der Waals surface area contributed by atoms with Crippen LogP contribution in [0.25, 0.3) is 0 Å². The number of hydrazone groups is 2. The molecule has 0 saturated heterocycles. The van der Waals surface area contributed by atoms with E-state index in [-0.39, 0.29) is 59.5 Å². The molecule has 0 radical (unpaired) electrons. The van der Waals surface area contributed by atoms with Gasteiger partial charge in [-0.25, -0.2) is 19.6 Å². The average Bonchev–Trinajstić information content (AvgIpc) is 4.28. The number of carboxylic acid groups (broad SMARTS) is 2. The van der Waals surface area contributed by atoms with Crippen molar-refractivity contribution in [2.45, 2.75) is 165 Å². The Bertz CT molecular complexity index is 2710. The van der Waals surface area contributed by atoms with Gasteiger partial charge < -0.3 is 33.1 Å². The highest BCUT2D eigenvalue weighted by molar-refractivity contribution is 6.32. The van der Waals surface area contributed by atoms with Crippen molar-refractivity contribution in [1.82, 2.24) is 9.97 Å². The highest BCUT2D eigenvalue weighted by atomic mass is 35.5. The normalized spacial score (nSPS) is 26.5. The number of aromatic nitrogens is 2. The highest BCUT2D eigenvalue weighted by Gasteiger charge is 2.47. The Morgan fingerprint density at radius 3 is 1.16 bits per heavy atom. The molecule has 4 aromatic rings. The minimum Gasteiger partial charge on any atom is -0.477 e. The summed E-state index contributed by atoms with van der Waals surface area (Å²) in [6.07, 6.45) is 22.6. The third-order valence-electron chi connectivity index (χ3n) is 17.0. The number of fused-ring (bicyclic) bond motifs is 6. The molecule has 4 fully saturated rings. The smallest absolute Gasteiger partial charge is 0.354 e. The quantitative estimate of drug-likeness (QED) is 0.105. The van der Waals surface area contributed by atoms with E-state index in [0.29, 0.717) is 33.0 Å². The summed E-state index contributed by atoms with van der Waals surface area (Å²) in [5, 5.41) is 52.1. The van der Waals surface area contributed by atoms with E-state index in [1.54, 1.807) is 24.3 Å². The van der Waals surface area contributed by atoms with Crippen LogP contribution in [0.4, 0.5) is 11.4 Å². The molecule has 400 valence electrons. The summed E-state index contributed by atoms with van der Waals surface area (Å²) >= 11 is 12.7. The van der Waals surface area contributed by atoms with E-state index < -0.39 is 11.9 Å². The van der Waals surface area contributed by atoms with Gasteiger partial charge in [0.05, 0.1) is 67.4 Å². The monoisotopic (exact) mass is 1070 g/mol. The van der Waals surface area contributed by atoms with Crippen LogP contribution in [0.3, 0.4) is 0 Å². The van der Waals surface area contributed by atoms with E-state index in [1.165, 1.54) is 77.0 Å². The van der Waals surface area contributed by atoms with Crippen molar-refractivity contribution in [2.24, 2.45) is 56.8 Å². The van der Waals surface area contributed by atoms with Crippen LogP contribution in [0.2, 0.25) is 10.0 Å². The summed E-state index contributed by atoms with van der Waals surface area (Å²) in [4.78, 5) is 31.4. The topological polar surface area (TPSA) is 283 Å². The van der Waals surface area contributed by atoms with Gasteiger partial charge in [0, 0.05) is 47.1 Å². The number of carboxylic acids is 2. The number of aryl methyl sites for hydroxylation is 2. The van der Waals surface area contributed by atoms with Gasteiger partial charge in [-0.3, -0.25) is 10.0 Å². The average molecular weight is 1070 g/mol. The summed E-state index contributed by atoms with van der Waals surface area (Å²) in [5.41, 5.74) is 31.0. The van der Waals surface area contributed by atoms with Gasteiger partial charge in [0.15, 0.2) is 0 Å². The zero-order chi connectivity index (χ0) is 53.6. The molecule has 4 saturated carbocycles. The number of nitriles is 2. The Labute approximate surface area is 455 Å². The van der Waals surface area contributed by atoms with Crippen LogP contribution in [0.1, 0.15) is 170 Å². The number of hydrogen-bond acceptors (Lipinski definition) is 14. The first kappa shape index (κ1) is 54.8. The molecule has 2 aromatic carbocycles. The summed E-state index contributed by atoms with van der Waals surface area (Å²) in [6.45, 7) is 0. The van der Waals surface area contributed by atoms with Crippen molar-refractivity contribution in [3.05, 3.63) is 116 Å². The SMILES string of the molecule is N#Cc1ccc(N2N=C3c4ccc(C(=O)O)nc4CCC3C2C2CCCC2)cc1Cl.N#Cc1ccc(N2N=C3c4ccc(C(=O)O)nc4CC[C@@H]3[C@@H]2C2CCCC2)cc1Cl.N[C@H]1CCCC[C@@H]1N.N[C@H]1CCCC[C@@H]1N. The molecule has 10 N–H and O–H groups in total. The molecule has 0 spiro atoms. The molecule has 8 atom stereocenters. The minimum absolute atomic E-state index is 0.0777. The van der Waals surface area contributed by atoms with Gasteiger partial charge in [-0.05, 0) is 150 Å². The van der Waals surface area contributed by atoms with E-state index in [9.17, 15) is 30.3 Å². The van der Waals surface area contributed by atoms with Gasteiger partial charge in [-0.2, -0.15) is 20.7 Å². The highest BCUT2D eigenvalue weighted by Crippen LogP contribution is 2.47. The Balaban J connectivity index is 0.000000144. The molecule has 2 aromatic heterocycles. The lowest BCUT2D eigenvalue weighted by atomic mass is 9.76. The fraction of sp³-hybridized carbons (Fsp3) is 0.517. The third kappa shape index (κ3) is 11.9. The zero-order valence-corrected chi connectivity index (χ0v) is 44.6. The molecule has 18 heteroatoms.